The van der Waals surface area contributed by atoms with Crippen molar-refractivity contribution in [2.75, 3.05) is 0 Å². The third kappa shape index (κ3) is 6.11. The summed E-state index contributed by atoms with van der Waals surface area (Å²) in [7, 11) is 0. The maximum Gasteiger partial charge on any atom is 0.408 e. The topological polar surface area (TPSA) is 93.4 Å². The summed E-state index contributed by atoms with van der Waals surface area (Å²) in [6, 6.07) is -0.681. The average Bonchev–Trinajstić information content (AvgIpc) is 2.21. The lowest BCUT2D eigenvalue weighted by Gasteiger charge is -2.25. The third-order valence-corrected chi connectivity index (χ3v) is 2.31. The molecule has 0 spiro atoms. The standard InChI is InChI=1S/C11H23N3O3/c1-6-7(2)8(9(15)14-12)13-10(16)17-11(3,4)5/h7-8H,6,12H2,1-5H3,(H,13,16)(H,14,15)/t7-,8-/m0/s1. The number of hydrogen-bond acceptors (Lipinski definition) is 4. The van der Waals surface area contributed by atoms with Crippen molar-refractivity contribution >= 4 is 12.0 Å². The summed E-state index contributed by atoms with van der Waals surface area (Å²) in [5.74, 6) is 4.63. The van der Waals surface area contributed by atoms with Gasteiger partial charge >= 0.3 is 6.09 Å². The molecule has 0 radical (unpaired) electrons. The van der Waals surface area contributed by atoms with Crippen molar-refractivity contribution in [3.63, 3.8) is 0 Å². The number of carbonyl (C=O) groups excluding carboxylic acids is 2. The molecule has 0 saturated heterocycles. The zero-order valence-corrected chi connectivity index (χ0v) is 11.2. The molecule has 2 amide bonds. The van der Waals surface area contributed by atoms with Crippen LogP contribution in [0.2, 0.25) is 0 Å². The van der Waals surface area contributed by atoms with Crippen LogP contribution in [-0.4, -0.2) is 23.6 Å². The van der Waals surface area contributed by atoms with E-state index in [0.717, 1.165) is 6.42 Å². The Morgan fingerprint density at radius 2 is 1.88 bits per heavy atom. The molecule has 0 fully saturated rings. The Balaban J connectivity index is 4.54. The van der Waals surface area contributed by atoms with Crippen LogP contribution in [0.5, 0.6) is 0 Å². The van der Waals surface area contributed by atoms with Gasteiger partial charge in [-0.25, -0.2) is 10.6 Å². The number of alkyl carbamates (subject to hydrolysis) is 1. The van der Waals surface area contributed by atoms with Crippen LogP contribution in [0.25, 0.3) is 0 Å². The summed E-state index contributed by atoms with van der Waals surface area (Å²) < 4.78 is 5.09. The lowest BCUT2D eigenvalue weighted by molar-refractivity contribution is -0.124. The van der Waals surface area contributed by atoms with Crippen molar-refractivity contribution in [3.05, 3.63) is 0 Å². The van der Waals surface area contributed by atoms with Crippen molar-refractivity contribution in [3.8, 4) is 0 Å². The number of hydrogen-bond donors (Lipinski definition) is 3. The van der Waals surface area contributed by atoms with E-state index in [1.807, 2.05) is 19.3 Å². The molecule has 4 N–H and O–H groups in total. The van der Waals surface area contributed by atoms with Gasteiger partial charge in [-0.1, -0.05) is 20.3 Å². The lowest BCUT2D eigenvalue weighted by Crippen LogP contribution is -2.52. The van der Waals surface area contributed by atoms with Crippen LogP contribution in [0.3, 0.4) is 0 Å². The molecule has 6 heteroatoms. The molecule has 0 unspecified atom stereocenters. The zero-order chi connectivity index (χ0) is 13.6. The molecular formula is C11H23N3O3. The number of amides is 2. The zero-order valence-electron chi connectivity index (χ0n) is 11.2. The van der Waals surface area contributed by atoms with Gasteiger partial charge in [-0.05, 0) is 26.7 Å². The summed E-state index contributed by atoms with van der Waals surface area (Å²) in [5.41, 5.74) is 1.45. The van der Waals surface area contributed by atoms with Crippen molar-refractivity contribution in [1.82, 2.24) is 10.7 Å². The molecular weight excluding hydrogens is 222 g/mol. The van der Waals surface area contributed by atoms with Crippen LogP contribution in [0.4, 0.5) is 4.79 Å². The van der Waals surface area contributed by atoms with Gasteiger partial charge in [0, 0.05) is 0 Å². The van der Waals surface area contributed by atoms with Crippen molar-refractivity contribution < 1.29 is 14.3 Å². The second-order valence-corrected chi connectivity index (χ2v) is 5.02. The minimum Gasteiger partial charge on any atom is -0.444 e. The second-order valence-electron chi connectivity index (χ2n) is 5.02. The maximum atomic E-state index is 11.6. The highest BCUT2D eigenvalue weighted by molar-refractivity contribution is 5.85. The molecule has 17 heavy (non-hydrogen) atoms. The number of carbonyl (C=O) groups is 2. The molecule has 0 rings (SSSR count). The van der Waals surface area contributed by atoms with E-state index in [1.165, 1.54) is 0 Å². The first-order valence-electron chi connectivity index (χ1n) is 5.71. The molecule has 0 aliphatic heterocycles. The molecule has 2 atom stereocenters. The fourth-order valence-electron chi connectivity index (χ4n) is 1.23. The van der Waals surface area contributed by atoms with E-state index < -0.39 is 23.6 Å². The summed E-state index contributed by atoms with van der Waals surface area (Å²) in [5, 5.41) is 2.52. The second kappa shape index (κ2) is 6.44. The van der Waals surface area contributed by atoms with Crippen LogP contribution < -0.4 is 16.6 Å². The average molecular weight is 245 g/mol. The molecule has 0 saturated carbocycles. The maximum absolute atomic E-state index is 11.6. The number of ether oxygens (including phenoxy) is 1. The van der Waals surface area contributed by atoms with Crippen molar-refractivity contribution in [2.24, 2.45) is 11.8 Å². The third-order valence-electron chi connectivity index (χ3n) is 2.31. The monoisotopic (exact) mass is 245 g/mol. The molecule has 0 heterocycles. The molecule has 6 nitrogen and oxygen atoms in total. The van der Waals surface area contributed by atoms with Gasteiger partial charge in [0.15, 0.2) is 0 Å². The highest BCUT2D eigenvalue weighted by Crippen LogP contribution is 2.10. The van der Waals surface area contributed by atoms with Crippen LogP contribution in [0, 0.1) is 5.92 Å². The smallest absolute Gasteiger partial charge is 0.408 e. The Morgan fingerprint density at radius 1 is 1.35 bits per heavy atom. The molecule has 0 aliphatic rings. The Hall–Kier alpha value is -1.30. The van der Waals surface area contributed by atoms with E-state index in [4.69, 9.17) is 10.6 Å². The summed E-state index contributed by atoms with van der Waals surface area (Å²) in [6.45, 7) is 9.06. The fourth-order valence-corrected chi connectivity index (χ4v) is 1.23. The van der Waals surface area contributed by atoms with Gasteiger partial charge in [0.25, 0.3) is 5.91 Å². The molecule has 0 aromatic rings. The minimum absolute atomic E-state index is 0.0222. The summed E-state index contributed by atoms with van der Waals surface area (Å²) in [6.07, 6.45) is 0.125. The van der Waals surface area contributed by atoms with Gasteiger partial charge in [-0.15, -0.1) is 0 Å². The highest BCUT2D eigenvalue weighted by Gasteiger charge is 2.27. The van der Waals surface area contributed by atoms with Crippen molar-refractivity contribution in [2.45, 2.75) is 52.7 Å². The van der Waals surface area contributed by atoms with Gasteiger partial charge in [0.1, 0.15) is 11.6 Å². The fraction of sp³-hybridized carbons (Fsp3) is 0.818. The lowest BCUT2D eigenvalue weighted by atomic mass is 9.99. The normalized spacial score (nSPS) is 14.7. The van der Waals surface area contributed by atoms with Crippen LogP contribution in [-0.2, 0) is 9.53 Å². The van der Waals surface area contributed by atoms with Gasteiger partial charge in [0.05, 0.1) is 0 Å². The van der Waals surface area contributed by atoms with E-state index in [9.17, 15) is 9.59 Å². The van der Waals surface area contributed by atoms with E-state index >= 15 is 0 Å². The molecule has 0 aliphatic carbocycles. The predicted molar refractivity (Wildman–Crippen MR) is 64.9 cm³/mol. The highest BCUT2D eigenvalue weighted by atomic mass is 16.6. The number of nitrogens with two attached hydrogens (primary N) is 1. The predicted octanol–water partition coefficient (Wildman–Crippen LogP) is 0.916. The Bertz CT molecular complexity index is 274. The summed E-state index contributed by atoms with van der Waals surface area (Å²) >= 11 is 0. The van der Waals surface area contributed by atoms with Crippen LogP contribution in [0.15, 0.2) is 0 Å². The van der Waals surface area contributed by atoms with Crippen molar-refractivity contribution in [1.29, 1.82) is 0 Å². The first-order chi connectivity index (χ1) is 7.71. The van der Waals surface area contributed by atoms with Gasteiger partial charge in [-0.2, -0.15) is 0 Å². The van der Waals surface area contributed by atoms with E-state index in [-0.39, 0.29) is 5.92 Å². The first-order valence-corrected chi connectivity index (χ1v) is 5.71. The van der Waals surface area contributed by atoms with E-state index in [0.29, 0.717) is 0 Å². The minimum atomic E-state index is -0.681. The molecule has 0 aromatic heterocycles. The van der Waals surface area contributed by atoms with Crippen LogP contribution >= 0.6 is 0 Å². The van der Waals surface area contributed by atoms with E-state index in [2.05, 4.69) is 5.32 Å². The number of nitrogens with one attached hydrogen (secondary N) is 2. The SMILES string of the molecule is CC[C@H](C)[C@H](NC(=O)OC(C)(C)C)C(=O)NN. The van der Waals surface area contributed by atoms with E-state index in [1.54, 1.807) is 20.8 Å². The Labute approximate surface area is 102 Å². The molecule has 0 aromatic carbocycles. The summed E-state index contributed by atoms with van der Waals surface area (Å²) in [4.78, 5) is 23.1. The quantitative estimate of drug-likeness (QED) is 0.390. The Morgan fingerprint density at radius 3 is 2.24 bits per heavy atom. The van der Waals surface area contributed by atoms with Crippen LogP contribution in [0.1, 0.15) is 41.0 Å². The first kappa shape index (κ1) is 15.7. The largest absolute Gasteiger partial charge is 0.444 e. The number of rotatable bonds is 4. The van der Waals surface area contributed by atoms with Gasteiger partial charge in [0.2, 0.25) is 0 Å². The molecule has 100 valence electrons. The number of hydrazine groups is 1. The molecule has 0 bridgehead atoms. The van der Waals surface area contributed by atoms with Gasteiger partial charge < -0.3 is 10.1 Å². The Kier molecular flexibility index (Phi) is 5.95. The van der Waals surface area contributed by atoms with Gasteiger partial charge in [-0.3, -0.25) is 10.2 Å².